The first kappa shape index (κ1) is 15.6. The van der Waals surface area contributed by atoms with Gasteiger partial charge in [0.1, 0.15) is 5.75 Å². The van der Waals surface area contributed by atoms with Gasteiger partial charge in [0.15, 0.2) is 5.16 Å². The summed E-state index contributed by atoms with van der Waals surface area (Å²) in [5.41, 5.74) is 2.13. The number of rotatable bonds is 4. The van der Waals surface area contributed by atoms with Crippen molar-refractivity contribution in [2.24, 2.45) is 0 Å². The number of aromatic hydroxyl groups is 1. The minimum Gasteiger partial charge on any atom is -0.508 e. The molecular formula is C16H17N3O3S. The Morgan fingerprint density at radius 3 is 2.83 bits per heavy atom. The van der Waals surface area contributed by atoms with Crippen LogP contribution in [0.3, 0.4) is 0 Å². The summed E-state index contributed by atoms with van der Waals surface area (Å²) in [5.74, 6) is -0.0471. The Labute approximate surface area is 137 Å². The number of aromatic amines is 1. The van der Waals surface area contributed by atoms with Gasteiger partial charge in [0.2, 0.25) is 5.91 Å². The summed E-state index contributed by atoms with van der Waals surface area (Å²) in [4.78, 5) is 31.4. The normalized spacial score (nSPS) is 14.3. The highest BCUT2D eigenvalue weighted by molar-refractivity contribution is 8.00. The van der Waals surface area contributed by atoms with Gasteiger partial charge in [0, 0.05) is 11.3 Å². The fourth-order valence-corrected chi connectivity index (χ4v) is 3.30. The smallest absolute Gasteiger partial charge is 0.254 e. The Morgan fingerprint density at radius 2 is 2.09 bits per heavy atom. The lowest BCUT2D eigenvalue weighted by atomic mass is 10.3. The van der Waals surface area contributed by atoms with E-state index in [0.29, 0.717) is 10.8 Å². The first-order valence-corrected chi connectivity index (χ1v) is 8.29. The minimum absolute atomic E-state index is 0.0962. The van der Waals surface area contributed by atoms with Gasteiger partial charge in [0.25, 0.3) is 5.56 Å². The molecule has 1 unspecified atom stereocenters. The number of aryl methyl sites for hydroxylation is 1. The Bertz CT molecular complexity index is 786. The molecule has 0 fully saturated rings. The van der Waals surface area contributed by atoms with Crippen molar-refractivity contribution in [3.8, 4) is 5.75 Å². The monoisotopic (exact) mass is 331 g/mol. The van der Waals surface area contributed by atoms with Crippen LogP contribution < -0.4 is 10.9 Å². The average Bonchev–Trinajstić information content (AvgIpc) is 2.98. The van der Waals surface area contributed by atoms with E-state index in [1.807, 2.05) is 0 Å². The number of amides is 1. The molecule has 7 heteroatoms. The van der Waals surface area contributed by atoms with Gasteiger partial charge in [-0.25, -0.2) is 4.98 Å². The number of fused-ring (bicyclic) bond motifs is 1. The van der Waals surface area contributed by atoms with E-state index in [9.17, 15) is 14.7 Å². The lowest BCUT2D eigenvalue weighted by molar-refractivity contribution is -0.115. The van der Waals surface area contributed by atoms with Gasteiger partial charge in [-0.3, -0.25) is 9.59 Å². The van der Waals surface area contributed by atoms with Crippen LogP contribution in [0.2, 0.25) is 0 Å². The number of nitrogens with one attached hydrogen (secondary N) is 2. The highest BCUT2D eigenvalue weighted by atomic mass is 32.2. The number of H-pyrrole nitrogens is 1. The Kier molecular flexibility index (Phi) is 4.38. The molecule has 0 radical (unpaired) electrons. The van der Waals surface area contributed by atoms with Crippen molar-refractivity contribution in [1.82, 2.24) is 9.97 Å². The van der Waals surface area contributed by atoms with Gasteiger partial charge >= 0.3 is 0 Å². The zero-order chi connectivity index (χ0) is 16.4. The molecule has 1 aromatic heterocycles. The van der Waals surface area contributed by atoms with Crippen molar-refractivity contribution in [2.45, 2.75) is 36.6 Å². The Hall–Kier alpha value is -2.28. The van der Waals surface area contributed by atoms with E-state index in [1.165, 1.54) is 23.9 Å². The molecule has 0 saturated carbocycles. The predicted molar refractivity (Wildman–Crippen MR) is 88.9 cm³/mol. The summed E-state index contributed by atoms with van der Waals surface area (Å²) in [6.07, 6.45) is 2.55. The van der Waals surface area contributed by atoms with E-state index in [4.69, 9.17) is 0 Å². The molecule has 1 atom stereocenters. The number of carbonyl (C=O) groups is 1. The zero-order valence-corrected chi connectivity index (χ0v) is 13.4. The first-order chi connectivity index (χ1) is 11.0. The predicted octanol–water partition coefficient (Wildman–Crippen LogP) is 2.08. The van der Waals surface area contributed by atoms with Crippen molar-refractivity contribution < 1.29 is 9.90 Å². The highest BCUT2D eigenvalue weighted by Gasteiger charge is 2.20. The standard InChI is InChI=1S/C16H17N3O3S/c1-9(14(21)17-10-5-7-11(20)8-6-10)23-16-18-13-4-2-3-12(13)15(22)19-16/h5-9,20H,2-4H2,1H3,(H,17,21)(H,18,19,22). The quantitative estimate of drug-likeness (QED) is 0.453. The fraction of sp³-hybridized carbons (Fsp3) is 0.312. The van der Waals surface area contributed by atoms with Crippen molar-refractivity contribution in [1.29, 1.82) is 0 Å². The van der Waals surface area contributed by atoms with Crippen LogP contribution in [0.25, 0.3) is 0 Å². The molecular weight excluding hydrogens is 314 g/mol. The molecule has 6 nitrogen and oxygen atoms in total. The number of nitrogens with zero attached hydrogens (tertiary/aromatic N) is 1. The van der Waals surface area contributed by atoms with E-state index >= 15 is 0 Å². The highest BCUT2D eigenvalue weighted by Crippen LogP contribution is 2.23. The third-order valence-electron chi connectivity index (χ3n) is 3.71. The molecule has 1 amide bonds. The average molecular weight is 331 g/mol. The van der Waals surface area contributed by atoms with Crippen LogP contribution in [0, 0.1) is 0 Å². The summed E-state index contributed by atoms with van der Waals surface area (Å²) in [6, 6.07) is 6.26. The molecule has 0 bridgehead atoms. The first-order valence-electron chi connectivity index (χ1n) is 7.41. The van der Waals surface area contributed by atoms with Gasteiger partial charge in [-0.15, -0.1) is 0 Å². The van der Waals surface area contributed by atoms with Crippen LogP contribution in [0.15, 0.2) is 34.2 Å². The molecule has 0 aliphatic heterocycles. The number of benzene rings is 1. The molecule has 3 N–H and O–H groups in total. The number of phenols is 1. The van der Waals surface area contributed by atoms with Gasteiger partial charge < -0.3 is 15.4 Å². The number of hydrogen-bond acceptors (Lipinski definition) is 5. The van der Waals surface area contributed by atoms with Gasteiger partial charge in [-0.1, -0.05) is 11.8 Å². The molecule has 1 heterocycles. The van der Waals surface area contributed by atoms with Crippen LogP contribution in [-0.2, 0) is 17.6 Å². The van der Waals surface area contributed by atoms with Crippen molar-refractivity contribution >= 4 is 23.4 Å². The number of thioether (sulfide) groups is 1. The maximum absolute atomic E-state index is 12.2. The number of hydrogen-bond donors (Lipinski definition) is 3. The maximum Gasteiger partial charge on any atom is 0.254 e. The summed E-state index contributed by atoms with van der Waals surface area (Å²) >= 11 is 1.23. The van der Waals surface area contributed by atoms with Crippen molar-refractivity contribution in [3.05, 3.63) is 45.9 Å². The van der Waals surface area contributed by atoms with E-state index in [0.717, 1.165) is 30.5 Å². The third kappa shape index (κ3) is 3.56. The van der Waals surface area contributed by atoms with Crippen molar-refractivity contribution in [3.63, 3.8) is 0 Å². The van der Waals surface area contributed by atoms with E-state index in [-0.39, 0.29) is 17.2 Å². The zero-order valence-electron chi connectivity index (χ0n) is 12.6. The second-order valence-electron chi connectivity index (χ2n) is 5.45. The van der Waals surface area contributed by atoms with Crippen LogP contribution in [0.1, 0.15) is 24.6 Å². The summed E-state index contributed by atoms with van der Waals surface area (Å²) < 4.78 is 0. The van der Waals surface area contributed by atoms with E-state index < -0.39 is 5.25 Å². The van der Waals surface area contributed by atoms with Crippen LogP contribution >= 0.6 is 11.8 Å². The molecule has 23 heavy (non-hydrogen) atoms. The van der Waals surface area contributed by atoms with E-state index in [2.05, 4.69) is 15.3 Å². The molecule has 2 aromatic rings. The molecule has 1 aromatic carbocycles. The van der Waals surface area contributed by atoms with Crippen LogP contribution in [0.5, 0.6) is 5.75 Å². The Morgan fingerprint density at radius 1 is 1.35 bits per heavy atom. The van der Waals surface area contributed by atoms with Gasteiger partial charge in [-0.2, -0.15) is 0 Å². The van der Waals surface area contributed by atoms with Gasteiger partial charge in [0.05, 0.1) is 10.9 Å². The lowest BCUT2D eigenvalue weighted by Crippen LogP contribution is -2.23. The van der Waals surface area contributed by atoms with Crippen molar-refractivity contribution in [2.75, 3.05) is 5.32 Å². The lowest BCUT2D eigenvalue weighted by Gasteiger charge is -2.12. The molecule has 3 rings (SSSR count). The molecule has 1 aliphatic rings. The summed E-state index contributed by atoms with van der Waals surface area (Å²) in [6.45, 7) is 1.76. The maximum atomic E-state index is 12.2. The summed E-state index contributed by atoms with van der Waals surface area (Å²) in [5, 5.41) is 12.1. The Balaban J connectivity index is 1.68. The summed E-state index contributed by atoms with van der Waals surface area (Å²) in [7, 11) is 0. The number of carbonyl (C=O) groups excluding carboxylic acids is 1. The van der Waals surface area contributed by atoms with Crippen LogP contribution in [-0.4, -0.2) is 26.2 Å². The number of aromatic nitrogens is 2. The molecule has 0 saturated heterocycles. The topological polar surface area (TPSA) is 95.1 Å². The molecule has 0 spiro atoms. The minimum atomic E-state index is -0.411. The second-order valence-corrected chi connectivity index (χ2v) is 6.78. The second kappa shape index (κ2) is 6.45. The van der Waals surface area contributed by atoms with Gasteiger partial charge in [-0.05, 0) is 50.5 Å². The number of phenolic OH excluding ortho intramolecular Hbond substituents is 1. The number of anilines is 1. The largest absolute Gasteiger partial charge is 0.508 e. The van der Waals surface area contributed by atoms with E-state index in [1.54, 1.807) is 19.1 Å². The molecule has 1 aliphatic carbocycles. The molecule has 120 valence electrons. The fourth-order valence-electron chi connectivity index (χ4n) is 2.48. The SMILES string of the molecule is CC(Sc1nc2c(c(=O)[nH]1)CCC2)C(=O)Nc1ccc(O)cc1. The van der Waals surface area contributed by atoms with Crippen LogP contribution in [0.4, 0.5) is 5.69 Å². The third-order valence-corrected chi connectivity index (χ3v) is 4.70.